The summed E-state index contributed by atoms with van der Waals surface area (Å²) in [7, 11) is -3.18. The molecule has 1 aromatic carbocycles. The minimum atomic E-state index is -3.18. The number of para-hydroxylation sites is 1. The van der Waals surface area contributed by atoms with Crippen LogP contribution in [0.3, 0.4) is 0 Å². The lowest BCUT2D eigenvalue weighted by atomic mass is 10.2. The molecule has 6 nitrogen and oxygen atoms in total. The van der Waals surface area contributed by atoms with Crippen LogP contribution in [-0.2, 0) is 14.6 Å². The van der Waals surface area contributed by atoms with Crippen LogP contribution in [0.15, 0.2) is 36.7 Å². The van der Waals surface area contributed by atoms with Gasteiger partial charge >= 0.3 is 0 Å². The molecule has 0 saturated heterocycles. The Morgan fingerprint density at radius 1 is 1.39 bits per heavy atom. The van der Waals surface area contributed by atoms with Crippen LogP contribution in [0.5, 0.6) is 0 Å². The highest BCUT2D eigenvalue weighted by atomic mass is 32.2. The van der Waals surface area contributed by atoms with E-state index >= 15 is 0 Å². The zero-order valence-electron chi connectivity index (χ0n) is 12.9. The fraction of sp³-hybridized carbons (Fsp3) is 0.333. The predicted octanol–water partition coefficient (Wildman–Crippen LogP) is 1.62. The molecule has 1 aromatic heterocycles. The van der Waals surface area contributed by atoms with Crippen molar-refractivity contribution < 1.29 is 17.6 Å². The Balaban J connectivity index is 2.03. The van der Waals surface area contributed by atoms with Crippen molar-refractivity contribution in [2.75, 3.05) is 12.0 Å². The van der Waals surface area contributed by atoms with Crippen molar-refractivity contribution in [2.45, 2.75) is 19.4 Å². The molecule has 2 aromatic rings. The van der Waals surface area contributed by atoms with Gasteiger partial charge in [0.1, 0.15) is 21.3 Å². The zero-order valence-corrected chi connectivity index (χ0v) is 13.7. The van der Waals surface area contributed by atoms with Gasteiger partial charge in [-0.05, 0) is 19.1 Å². The average molecular weight is 339 g/mol. The molecule has 0 bridgehead atoms. The van der Waals surface area contributed by atoms with Crippen molar-refractivity contribution >= 4 is 15.7 Å². The molecule has 1 heterocycles. The van der Waals surface area contributed by atoms with Gasteiger partial charge < -0.3 is 5.32 Å². The summed E-state index contributed by atoms with van der Waals surface area (Å²) in [6.45, 7) is 1.75. The van der Waals surface area contributed by atoms with Gasteiger partial charge in [-0.25, -0.2) is 17.5 Å². The average Bonchev–Trinajstić information content (AvgIpc) is 2.94. The van der Waals surface area contributed by atoms with Crippen LogP contribution in [0, 0.1) is 5.82 Å². The summed E-state index contributed by atoms with van der Waals surface area (Å²) in [5, 5.41) is 6.79. The minimum absolute atomic E-state index is 0.0926. The lowest BCUT2D eigenvalue weighted by molar-refractivity contribution is -0.121. The summed E-state index contributed by atoms with van der Waals surface area (Å²) in [5.41, 5.74) is 1.01. The Hall–Kier alpha value is -2.22. The van der Waals surface area contributed by atoms with Crippen molar-refractivity contribution in [1.29, 1.82) is 0 Å². The second-order valence-corrected chi connectivity index (χ2v) is 7.60. The minimum Gasteiger partial charge on any atom is -0.349 e. The zero-order chi connectivity index (χ0) is 17.0. The number of carbonyl (C=O) groups excluding carboxylic acids is 1. The van der Waals surface area contributed by atoms with Crippen molar-refractivity contribution in [3.8, 4) is 5.69 Å². The van der Waals surface area contributed by atoms with Crippen LogP contribution in [0.25, 0.3) is 5.69 Å². The van der Waals surface area contributed by atoms with E-state index in [9.17, 15) is 17.6 Å². The van der Waals surface area contributed by atoms with Gasteiger partial charge in [0, 0.05) is 24.4 Å². The Morgan fingerprint density at radius 2 is 2.09 bits per heavy atom. The molecule has 1 amide bonds. The van der Waals surface area contributed by atoms with E-state index in [2.05, 4.69) is 10.4 Å². The van der Waals surface area contributed by atoms with Crippen LogP contribution in [0.4, 0.5) is 4.39 Å². The van der Waals surface area contributed by atoms with E-state index in [1.54, 1.807) is 31.3 Å². The number of nitrogens with zero attached hydrogens (tertiary/aromatic N) is 2. The van der Waals surface area contributed by atoms with E-state index in [0.29, 0.717) is 11.3 Å². The van der Waals surface area contributed by atoms with Gasteiger partial charge in [-0.15, -0.1) is 0 Å². The van der Waals surface area contributed by atoms with Crippen molar-refractivity contribution in [3.05, 3.63) is 48.0 Å². The highest BCUT2D eigenvalue weighted by Gasteiger charge is 2.14. The molecular formula is C15H18FN3O3S. The number of hydrogen-bond acceptors (Lipinski definition) is 4. The largest absolute Gasteiger partial charge is 0.349 e. The Kier molecular flexibility index (Phi) is 5.15. The van der Waals surface area contributed by atoms with Gasteiger partial charge in [-0.2, -0.15) is 5.10 Å². The molecule has 0 aliphatic rings. The molecule has 0 radical (unpaired) electrons. The molecule has 2 rings (SSSR count). The van der Waals surface area contributed by atoms with Crippen LogP contribution in [-0.4, -0.2) is 36.1 Å². The van der Waals surface area contributed by atoms with E-state index in [0.717, 1.165) is 6.26 Å². The summed E-state index contributed by atoms with van der Waals surface area (Å²) in [6, 6.07) is 5.88. The molecule has 0 aliphatic heterocycles. The second kappa shape index (κ2) is 6.91. The topological polar surface area (TPSA) is 81.1 Å². The van der Waals surface area contributed by atoms with Crippen LogP contribution in [0.1, 0.15) is 24.9 Å². The predicted molar refractivity (Wildman–Crippen MR) is 84.4 cm³/mol. The number of carbonyl (C=O) groups is 1. The number of amides is 1. The van der Waals surface area contributed by atoms with Gasteiger partial charge in [0.25, 0.3) is 0 Å². The standard InChI is InChI=1S/C15H18FN3O3S/c1-11(18-15(20)7-8-23(2,21)22)12-9-17-19(10-12)14-6-4-3-5-13(14)16/h3-6,9-11H,7-8H2,1-2H3,(H,18,20). The lowest BCUT2D eigenvalue weighted by Gasteiger charge is -2.11. The Morgan fingerprint density at radius 3 is 2.74 bits per heavy atom. The van der Waals surface area contributed by atoms with Crippen molar-refractivity contribution in [1.82, 2.24) is 15.1 Å². The summed E-state index contributed by atoms with van der Waals surface area (Å²) in [6.07, 6.45) is 4.15. The van der Waals surface area contributed by atoms with Crippen LogP contribution in [0.2, 0.25) is 0 Å². The number of benzene rings is 1. The highest BCUT2D eigenvalue weighted by Crippen LogP contribution is 2.16. The van der Waals surface area contributed by atoms with Gasteiger partial charge in [0.05, 0.1) is 18.0 Å². The smallest absolute Gasteiger partial charge is 0.221 e. The molecule has 1 unspecified atom stereocenters. The Bertz CT molecular complexity index is 802. The van der Waals surface area contributed by atoms with Gasteiger partial charge in [-0.1, -0.05) is 12.1 Å². The second-order valence-electron chi connectivity index (χ2n) is 5.34. The number of halogens is 1. The molecule has 1 atom stereocenters. The normalized spacial score (nSPS) is 12.8. The van der Waals surface area contributed by atoms with Crippen LogP contribution >= 0.6 is 0 Å². The van der Waals surface area contributed by atoms with E-state index < -0.39 is 15.7 Å². The number of aromatic nitrogens is 2. The molecule has 0 fully saturated rings. The molecule has 124 valence electrons. The summed E-state index contributed by atoms with van der Waals surface area (Å²) >= 11 is 0. The molecule has 0 saturated carbocycles. The molecule has 1 N–H and O–H groups in total. The first kappa shape index (κ1) is 17.1. The van der Waals surface area contributed by atoms with Gasteiger partial charge in [0.15, 0.2) is 0 Å². The van der Waals surface area contributed by atoms with Gasteiger partial charge in [0.2, 0.25) is 5.91 Å². The molecule has 8 heteroatoms. The number of hydrogen-bond donors (Lipinski definition) is 1. The molecule has 0 aliphatic carbocycles. The van der Waals surface area contributed by atoms with E-state index in [1.807, 2.05) is 0 Å². The monoisotopic (exact) mass is 339 g/mol. The first-order chi connectivity index (χ1) is 10.8. The fourth-order valence-electron chi connectivity index (χ4n) is 2.00. The van der Waals surface area contributed by atoms with Crippen LogP contribution < -0.4 is 5.32 Å². The number of sulfone groups is 1. The van der Waals surface area contributed by atoms with Gasteiger partial charge in [-0.3, -0.25) is 4.79 Å². The SMILES string of the molecule is CC(NC(=O)CCS(C)(=O)=O)c1cnn(-c2ccccc2F)c1. The maximum absolute atomic E-state index is 13.7. The van der Waals surface area contributed by atoms with Crippen molar-refractivity contribution in [3.63, 3.8) is 0 Å². The van der Waals surface area contributed by atoms with Crippen molar-refractivity contribution in [2.24, 2.45) is 0 Å². The van der Waals surface area contributed by atoms with E-state index in [-0.39, 0.29) is 24.1 Å². The summed E-state index contributed by atoms with van der Waals surface area (Å²) in [5.74, 6) is -0.950. The Labute approximate surface area is 134 Å². The molecular weight excluding hydrogens is 321 g/mol. The first-order valence-electron chi connectivity index (χ1n) is 7.03. The lowest BCUT2D eigenvalue weighted by Crippen LogP contribution is -2.28. The van der Waals surface area contributed by atoms with E-state index in [4.69, 9.17) is 0 Å². The number of rotatable bonds is 6. The molecule has 0 spiro atoms. The third-order valence-corrected chi connectivity index (χ3v) is 4.22. The quantitative estimate of drug-likeness (QED) is 0.867. The maximum atomic E-state index is 13.7. The third-order valence-electron chi connectivity index (χ3n) is 3.28. The highest BCUT2D eigenvalue weighted by molar-refractivity contribution is 7.90. The summed E-state index contributed by atoms with van der Waals surface area (Å²) < 4.78 is 37.2. The third kappa shape index (κ3) is 4.88. The molecule has 23 heavy (non-hydrogen) atoms. The first-order valence-corrected chi connectivity index (χ1v) is 9.09. The maximum Gasteiger partial charge on any atom is 0.221 e. The fourth-order valence-corrected chi connectivity index (χ4v) is 2.56. The number of nitrogens with one attached hydrogen (secondary N) is 1. The summed E-state index contributed by atoms with van der Waals surface area (Å²) in [4.78, 5) is 11.7. The van der Waals surface area contributed by atoms with E-state index in [1.165, 1.54) is 16.9 Å².